The second-order valence-corrected chi connectivity index (χ2v) is 7.36. The van der Waals surface area contributed by atoms with Crippen molar-refractivity contribution in [2.45, 2.75) is 17.5 Å². The van der Waals surface area contributed by atoms with Crippen LogP contribution < -0.4 is 0 Å². The average Bonchev–Trinajstić information content (AvgIpc) is 2.79. The van der Waals surface area contributed by atoms with Gasteiger partial charge in [-0.3, -0.25) is 0 Å². The van der Waals surface area contributed by atoms with Gasteiger partial charge in [0.25, 0.3) is 0 Å². The Morgan fingerprint density at radius 3 is 2.88 bits per heavy atom. The number of nitrogens with zero attached hydrogens (tertiary/aromatic N) is 3. The fourth-order valence-electron chi connectivity index (χ4n) is 1.94. The zero-order valence-electron chi connectivity index (χ0n) is 9.53. The minimum atomic E-state index is -2.90. The van der Waals surface area contributed by atoms with Gasteiger partial charge in [0.15, 0.2) is 15.0 Å². The lowest BCUT2D eigenvalue weighted by molar-refractivity contribution is 0.322. The van der Waals surface area contributed by atoms with Gasteiger partial charge in [-0.1, -0.05) is 11.8 Å². The van der Waals surface area contributed by atoms with Crippen LogP contribution in [0.15, 0.2) is 5.16 Å². The fourth-order valence-corrected chi connectivity index (χ4v) is 4.34. The molecule has 17 heavy (non-hydrogen) atoms. The number of aromatic nitrogens is 3. The molecule has 2 heterocycles. The predicted octanol–water partition coefficient (Wildman–Crippen LogP) is -0.198. The van der Waals surface area contributed by atoms with E-state index in [0.717, 1.165) is 11.0 Å². The second-order valence-electron chi connectivity index (χ2n) is 4.07. The van der Waals surface area contributed by atoms with E-state index < -0.39 is 9.84 Å². The van der Waals surface area contributed by atoms with Crippen molar-refractivity contribution in [1.29, 1.82) is 0 Å². The number of rotatable bonds is 4. The van der Waals surface area contributed by atoms with E-state index in [2.05, 4.69) is 10.2 Å². The van der Waals surface area contributed by atoms with Crippen molar-refractivity contribution in [2.24, 2.45) is 7.05 Å². The number of hydrogen-bond donors (Lipinski definition) is 1. The molecule has 1 atom stereocenters. The van der Waals surface area contributed by atoms with Crippen LogP contribution in [0.4, 0.5) is 0 Å². The van der Waals surface area contributed by atoms with Crippen LogP contribution >= 0.6 is 11.8 Å². The SMILES string of the molecule is Cn1c(SCCO)nnc1[C@@H]1CCS(=O)(=O)C1. The van der Waals surface area contributed by atoms with Crippen molar-refractivity contribution in [3.8, 4) is 0 Å². The summed E-state index contributed by atoms with van der Waals surface area (Å²) in [5, 5.41) is 17.5. The molecule has 0 aromatic carbocycles. The monoisotopic (exact) mass is 277 g/mol. The third-order valence-corrected chi connectivity index (χ3v) is 5.56. The molecule has 0 bridgehead atoms. The number of sulfone groups is 1. The van der Waals surface area contributed by atoms with Crippen LogP contribution in [0.5, 0.6) is 0 Å². The van der Waals surface area contributed by atoms with Crippen LogP contribution in [0.2, 0.25) is 0 Å². The van der Waals surface area contributed by atoms with Crippen molar-refractivity contribution < 1.29 is 13.5 Å². The van der Waals surface area contributed by atoms with Gasteiger partial charge >= 0.3 is 0 Å². The highest BCUT2D eigenvalue weighted by molar-refractivity contribution is 7.99. The number of thioether (sulfide) groups is 1. The summed E-state index contributed by atoms with van der Waals surface area (Å²) in [5.41, 5.74) is 0. The van der Waals surface area contributed by atoms with Gasteiger partial charge < -0.3 is 9.67 Å². The van der Waals surface area contributed by atoms with E-state index in [-0.39, 0.29) is 24.0 Å². The quantitative estimate of drug-likeness (QED) is 0.767. The molecule has 0 amide bonds. The summed E-state index contributed by atoms with van der Waals surface area (Å²) in [6.45, 7) is 0.0880. The van der Waals surface area contributed by atoms with Gasteiger partial charge in [0.05, 0.1) is 18.1 Å². The van der Waals surface area contributed by atoms with Crippen molar-refractivity contribution >= 4 is 21.6 Å². The number of hydrogen-bond acceptors (Lipinski definition) is 6. The predicted molar refractivity (Wildman–Crippen MR) is 64.8 cm³/mol. The Hall–Kier alpha value is -0.600. The molecule has 0 aliphatic carbocycles. The first kappa shape index (κ1) is 12.8. The first-order chi connectivity index (χ1) is 8.03. The van der Waals surface area contributed by atoms with Crippen LogP contribution in [-0.4, -0.2) is 52.2 Å². The molecule has 0 unspecified atom stereocenters. The average molecular weight is 277 g/mol. The van der Waals surface area contributed by atoms with Crippen LogP contribution in [-0.2, 0) is 16.9 Å². The summed E-state index contributed by atoms with van der Waals surface area (Å²) in [4.78, 5) is 0. The van der Waals surface area contributed by atoms with Crippen LogP contribution in [0.3, 0.4) is 0 Å². The van der Waals surface area contributed by atoms with Crippen molar-refractivity contribution in [2.75, 3.05) is 23.9 Å². The molecular weight excluding hydrogens is 262 g/mol. The Bertz CT molecular complexity index is 498. The molecule has 1 fully saturated rings. The second kappa shape index (κ2) is 4.95. The van der Waals surface area contributed by atoms with Crippen LogP contribution in [0, 0.1) is 0 Å². The summed E-state index contributed by atoms with van der Waals surface area (Å²) < 4.78 is 24.6. The number of aliphatic hydroxyl groups excluding tert-OH is 1. The topological polar surface area (TPSA) is 85.1 Å². The third-order valence-electron chi connectivity index (χ3n) is 2.79. The Morgan fingerprint density at radius 2 is 2.29 bits per heavy atom. The van der Waals surface area contributed by atoms with E-state index in [0.29, 0.717) is 12.2 Å². The lowest BCUT2D eigenvalue weighted by Crippen LogP contribution is -2.09. The van der Waals surface area contributed by atoms with Crippen LogP contribution in [0.1, 0.15) is 18.2 Å². The summed E-state index contributed by atoms with van der Waals surface area (Å²) in [6.07, 6.45) is 0.624. The van der Waals surface area contributed by atoms with Crippen molar-refractivity contribution in [1.82, 2.24) is 14.8 Å². The first-order valence-corrected chi connectivity index (χ1v) is 8.17. The van der Waals surface area contributed by atoms with Crippen molar-refractivity contribution in [3.05, 3.63) is 5.82 Å². The van der Waals surface area contributed by atoms with E-state index >= 15 is 0 Å². The molecule has 2 rings (SSSR count). The van der Waals surface area contributed by atoms with Gasteiger partial charge in [-0.15, -0.1) is 10.2 Å². The van der Waals surface area contributed by atoms with E-state index in [1.54, 1.807) is 0 Å². The Kier molecular flexibility index (Phi) is 3.74. The van der Waals surface area contributed by atoms with Crippen LogP contribution in [0.25, 0.3) is 0 Å². The van der Waals surface area contributed by atoms with Crippen molar-refractivity contribution in [3.63, 3.8) is 0 Å². The largest absolute Gasteiger partial charge is 0.396 e. The summed E-state index contributed by atoms with van der Waals surface area (Å²) in [6, 6.07) is 0. The summed E-state index contributed by atoms with van der Waals surface area (Å²) in [7, 11) is -1.06. The highest BCUT2D eigenvalue weighted by Gasteiger charge is 2.32. The molecule has 1 aliphatic heterocycles. The third kappa shape index (κ3) is 2.80. The summed E-state index contributed by atoms with van der Waals surface area (Å²) in [5.74, 6) is 1.66. The zero-order chi connectivity index (χ0) is 12.5. The standard InChI is InChI=1S/C9H15N3O3S2/c1-12-8(7-2-5-17(14,15)6-7)10-11-9(12)16-4-3-13/h7,13H,2-6H2,1H3/t7-/m1/s1. The molecule has 8 heteroatoms. The minimum absolute atomic E-state index is 0.0408. The minimum Gasteiger partial charge on any atom is -0.396 e. The zero-order valence-corrected chi connectivity index (χ0v) is 11.2. The maximum absolute atomic E-state index is 11.4. The normalized spacial score (nSPS) is 23.1. The van der Waals surface area contributed by atoms with Gasteiger partial charge in [-0.2, -0.15) is 0 Å². The fraction of sp³-hybridized carbons (Fsp3) is 0.778. The first-order valence-electron chi connectivity index (χ1n) is 5.37. The van der Waals surface area contributed by atoms with Gasteiger partial charge in [0.2, 0.25) is 0 Å². The maximum Gasteiger partial charge on any atom is 0.191 e. The maximum atomic E-state index is 11.4. The van der Waals surface area contributed by atoms with Gasteiger partial charge in [0, 0.05) is 18.7 Å². The van der Waals surface area contributed by atoms with E-state index in [1.807, 2.05) is 11.6 Å². The molecule has 96 valence electrons. The lowest BCUT2D eigenvalue weighted by atomic mass is 10.1. The Labute approximate surface area is 104 Å². The van der Waals surface area contributed by atoms with Gasteiger partial charge in [0.1, 0.15) is 5.82 Å². The molecule has 1 N–H and O–H groups in total. The molecule has 1 aromatic heterocycles. The highest BCUT2D eigenvalue weighted by Crippen LogP contribution is 2.29. The Balaban J connectivity index is 2.15. The van der Waals surface area contributed by atoms with E-state index in [1.165, 1.54) is 11.8 Å². The lowest BCUT2D eigenvalue weighted by Gasteiger charge is -2.07. The molecule has 0 radical (unpaired) electrons. The molecule has 0 saturated carbocycles. The highest BCUT2D eigenvalue weighted by atomic mass is 32.2. The number of aliphatic hydroxyl groups is 1. The molecule has 0 spiro atoms. The molecule has 1 saturated heterocycles. The van der Waals surface area contributed by atoms with E-state index in [4.69, 9.17) is 5.11 Å². The molecule has 6 nitrogen and oxygen atoms in total. The molecular formula is C9H15N3O3S2. The molecule has 1 aromatic rings. The van der Waals surface area contributed by atoms with Gasteiger partial charge in [-0.05, 0) is 6.42 Å². The van der Waals surface area contributed by atoms with E-state index in [9.17, 15) is 8.42 Å². The van der Waals surface area contributed by atoms with Gasteiger partial charge in [-0.25, -0.2) is 8.42 Å². The smallest absolute Gasteiger partial charge is 0.191 e. The summed E-state index contributed by atoms with van der Waals surface area (Å²) >= 11 is 1.42. The molecule has 1 aliphatic rings. The Morgan fingerprint density at radius 1 is 1.53 bits per heavy atom.